The van der Waals surface area contributed by atoms with Gasteiger partial charge >= 0.3 is 5.97 Å². The SMILES string of the molecule is C[C@]12CCC(=O)C=C1[C@@H]1C[C@@H]1[C@H]1[C@H]3[C@@H]4C[C@@H]4[C@@]4(CCC(=O)O4)[C@@]3(C)CC[C@H]12. The van der Waals surface area contributed by atoms with E-state index in [0.29, 0.717) is 24.0 Å². The van der Waals surface area contributed by atoms with E-state index in [0.717, 1.165) is 48.9 Å². The molecule has 1 spiro atoms. The van der Waals surface area contributed by atoms with E-state index in [1.165, 1.54) is 31.3 Å². The van der Waals surface area contributed by atoms with Crippen molar-refractivity contribution in [1.29, 1.82) is 0 Å². The van der Waals surface area contributed by atoms with Crippen molar-refractivity contribution >= 4 is 11.8 Å². The van der Waals surface area contributed by atoms with Gasteiger partial charge in [0.1, 0.15) is 5.60 Å². The van der Waals surface area contributed by atoms with Crippen LogP contribution < -0.4 is 0 Å². The molecule has 27 heavy (non-hydrogen) atoms. The first-order valence-electron chi connectivity index (χ1n) is 11.4. The maximum atomic E-state index is 12.2. The monoisotopic (exact) mass is 366 g/mol. The van der Waals surface area contributed by atoms with Gasteiger partial charge in [0.25, 0.3) is 0 Å². The van der Waals surface area contributed by atoms with E-state index in [4.69, 9.17) is 4.74 Å². The molecule has 7 rings (SSSR count). The van der Waals surface area contributed by atoms with Crippen molar-refractivity contribution in [3.05, 3.63) is 11.6 Å². The highest BCUT2D eigenvalue weighted by Crippen LogP contribution is 2.82. The van der Waals surface area contributed by atoms with Crippen LogP contribution in [0, 0.1) is 52.3 Å². The Kier molecular flexibility index (Phi) is 2.56. The topological polar surface area (TPSA) is 43.4 Å². The lowest BCUT2D eigenvalue weighted by Gasteiger charge is -2.60. The smallest absolute Gasteiger partial charge is 0.306 e. The van der Waals surface area contributed by atoms with Crippen LogP contribution in [0.5, 0.6) is 0 Å². The zero-order valence-corrected chi connectivity index (χ0v) is 16.5. The van der Waals surface area contributed by atoms with Gasteiger partial charge in [-0.25, -0.2) is 0 Å². The number of carbonyl (C=O) groups excluding carboxylic acids is 2. The molecule has 6 aliphatic carbocycles. The van der Waals surface area contributed by atoms with Crippen LogP contribution in [0.2, 0.25) is 0 Å². The van der Waals surface area contributed by atoms with Crippen LogP contribution in [0.3, 0.4) is 0 Å². The highest BCUT2D eigenvalue weighted by Gasteiger charge is 2.81. The molecule has 1 heterocycles. The molecule has 0 aromatic heterocycles. The predicted octanol–water partition coefficient (Wildman–Crippen LogP) is 4.31. The van der Waals surface area contributed by atoms with Crippen LogP contribution in [0.4, 0.5) is 0 Å². The Morgan fingerprint density at radius 1 is 1.00 bits per heavy atom. The Bertz CT molecular complexity index is 827. The Morgan fingerprint density at radius 2 is 1.85 bits per heavy atom. The maximum absolute atomic E-state index is 12.2. The van der Waals surface area contributed by atoms with Gasteiger partial charge in [0, 0.05) is 24.2 Å². The number of fused-ring (bicyclic) bond motifs is 12. The van der Waals surface area contributed by atoms with Crippen molar-refractivity contribution < 1.29 is 14.3 Å². The largest absolute Gasteiger partial charge is 0.458 e. The van der Waals surface area contributed by atoms with Gasteiger partial charge in [-0.1, -0.05) is 19.4 Å². The summed E-state index contributed by atoms with van der Waals surface area (Å²) in [7, 11) is 0. The molecule has 5 saturated carbocycles. The summed E-state index contributed by atoms with van der Waals surface area (Å²) in [6.07, 6.45) is 10.6. The first kappa shape index (κ1) is 15.8. The molecular weight excluding hydrogens is 336 g/mol. The molecule has 0 unspecified atom stereocenters. The van der Waals surface area contributed by atoms with Crippen LogP contribution in [-0.2, 0) is 14.3 Å². The fraction of sp³-hybridized carbons (Fsp3) is 0.833. The van der Waals surface area contributed by atoms with Gasteiger partial charge in [-0.3, -0.25) is 9.59 Å². The molecule has 6 fully saturated rings. The highest BCUT2D eigenvalue weighted by molar-refractivity contribution is 5.92. The van der Waals surface area contributed by atoms with Gasteiger partial charge in [-0.05, 0) is 85.5 Å². The van der Waals surface area contributed by atoms with Gasteiger partial charge in [0.05, 0.1) is 0 Å². The first-order valence-corrected chi connectivity index (χ1v) is 11.4. The van der Waals surface area contributed by atoms with Gasteiger partial charge in [0.15, 0.2) is 5.78 Å². The van der Waals surface area contributed by atoms with Crippen molar-refractivity contribution in [2.45, 2.75) is 70.8 Å². The van der Waals surface area contributed by atoms with Crippen molar-refractivity contribution in [1.82, 2.24) is 0 Å². The van der Waals surface area contributed by atoms with Crippen LogP contribution in [0.15, 0.2) is 11.6 Å². The molecule has 7 aliphatic rings. The van der Waals surface area contributed by atoms with E-state index in [-0.39, 0.29) is 22.4 Å². The minimum absolute atomic E-state index is 0.0561. The van der Waals surface area contributed by atoms with Crippen molar-refractivity contribution in [3.8, 4) is 0 Å². The lowest BCUT2D eigenvalue weighted by molar-refractivity contribution is -0.177. The Labute approximate surface area is 161 Å². The molecule has 0 amide bonds. The van der Waals surface area contributed by atoms with Crippen molar-refractivity contribution in [3.63, 3.8) is 0 Å². The van der Waals surface area contributed by atoms with Gasteiger partial charge in [-0.2, -0.15) is 0 Å². The maximum Gasteiger partial charge on any atom is 0.306 e. The number of hydrogen-bond donors (Lipinski definition) is 0. The summed E-state index contributed by atoms with van der Waals surface area (Å²) in [5, 5.41) is 0. The second-order valence-electron chi connectivity index (χ2n) is 11.5. The minimum atomic E-state index is -0.131. The fourth-order valence-electron chi connectivity index (χ4n) is 9.74. The van der Waals surface area contributed by atoms with Crippen LogP contribution in [0.1, 0.15) is 65.2 Å². The van der Waals surface area contributed by atoms with E-state index < -0.39 is 0 Å². The number of ketones is 1. The quantitative estimate of drug-likeness (QED) is 0.600. The van der Waals surface area contributed by atoms with E-state index >= 15 is 0 Å². The number of rotatable bonds is 0. The molecule has 0 bridgehead atoms. The first-order chi connectivity index (χ1) is 12.9. The number of allylic oxidation sites excluding steroid dienone is 1. The van der Waals surface area contributed by atoms with Crippen LogP contribution in [-0.4, -0.2) is 17.4 Å². The molecule has 0 aromatic rings. The molecule has 3 nitrogen and oxygen atoms in total. The molecule has 0 radical (unpaired) electrons. The van der Waals surface area contributed by atoms with Gasteiger partial charge in [0.2, 0.25) is 0 Å². The van der Waals surface area contributed by atoms with Crippen molar-refractivity contribution in [2.24, 2.45) is 52.3 Å². The molecule has 1 saturated heterocycles. The standard InChI is InChI=1S/C24H30O3/c1-22-6-3-12(25)9-17(22)13-10-14(13)20-16(22)4-7-23(2)21(20)15-11-18(15)24(23)8-5-19(26)27-24/h9,13-16,18,20-21H,3-8,10-11H2,1-2H3/t13-,14+,15-,16-,18+,20-,21-,22-,23+,24+/m1/s1. The highest BCUT2D eigenvalue weighted by atomic mass is 16.6. The molecule has 1 aliphatic heterocycles. The Balaban J connectivity index is 1.33. The van der Waals surface area contributed by atoms with E-state index in [9.17, 15) is 9.59 Å². The molecule has 0 aromatic carbocycles. The zero-order valence-electron chi connectivity index (χ0n) is 16.5. The number of hydrogen-bond acceptors (Lipinski definition) is 3. The summed E-state index contributed by atoms with van der Waals surface area (Å²) in [4.78, 5) is 24.3. The lowest BCUT2D eigenvalue weighted by Crippen LogP contribution is -2.57. The number of esters is 1. The van der Waals surface area contributed by atoms with E-state index in [1.54, 1.807) is 0 Å². The summed E-state index contributed by atoms with van der Waals surface area (Å²) in [5.74, 6) is 5.65. The Hall–Kier alpha value is -1.12. The van der Waals surface area contributed by atoms with E-state index in [1.807, 2.05) is 0 Å². The summed E-state index contributed by atoms with van der Waals surface area (Å²) in [6, 6.07) is 0. The van der Waals surface area contributed by atoms with Gasteiger partial charge in [-0.15, -0.1) is 0 Å². The molecule has 0 N–H and O–H groups in total. The summed E-state index contributed by atoms with van der Waals surface area (Å²) in [6.45, 7) is 4.99. The van der Waals surface area contributed by atoms with E-state index in [2.05, 4.69) is 19.9 Å². The third-order valence-electron chi connectivity index (χ3n) is 10.9. The zero-order chi connectivity index (χ0) is 18.3. The average Bonchev–Trinajstić information content (AvgIpc) is 3.53. The summed E-state index contributed by atoms with van der Waals surface area (Å²) >= 11 is 0. The minimum Gasteiger partial charge on any atom is -0.458 e. The predicted molar refractivity (Wildman–Crippen MR) is 99.5 cm³/mol. The van der Waals surface area contributed by atoms with Crippen molar-refractivity contribution in [2.75, 3.05) is 0 Å². The second-order valence-corrected chi connectivity index (χ2v) is 11.5. The van der Waals surface area contributed by atoms with Gasteiger partial charge < -0.3 is 4.74 Å². The summed E-state index contributed by atoms with van der Waals surface area (Å²) < 4.78 is 6.22. The molecule has 144 valence electrons. The fourth-order valence-corrected chi connectivity index (χ4v) is 9.74. The molecular formula is C24H30O3. The Morgan fingerprint density at radius 3 is 2.63 bits per heavy atom. The number of carbonyl (C=O) groups is 2. The summed E-state index contributed by atoms with van der Waals surface area (Å²) in [5.41, 5.74) is 1.85. The second kappa shape index (κ2) is 4.39. The molecule has 10 atom stereocenters. The normalized spacial score (nSPS) is 62.0. The third kappa shape index (κ3) is 1.58. The van der Waals surface area contributed by atoms with Crippen LogP contribution in [0.25, 0.3) is 0 Å². The third-order valence-corrected chi connectivity index (χ3v) is 10.9. The lowest BCUT2D eigenvalue weighted by atomic mass is 9.45. The molecule has 3 heteroatoms. The van der Waals surface area contributed by atoms with Crippen LogP contribution >= 0.6 is 0 Å². The number of ether oxygens (including phenoxy) is 1. The average molecular weight is 367 g/mol.